The molecule has 0 aromatic carbocycles. The lowest BCUT2D eigenvalue weighted by atomic mass is 10.0. The fourth-order valence-corrected chi connectivity index (χ4v) is 2.67. The van der Waals surface area contributed by atoms with Crippen molar-refractivity contribution in [2.45, 2.75) is 51.5 Å². The van der Waals surface area contributed by atoms with Gasteiger partial charge < -0.3 is 10.1 Å². The van der Waals surface area contributed by atoms with Gasteiger partial charge in [0.2, 0.25) is 0 Å². The van der Waals surface area contributed by atoms with Gasteiger partial charge in [0.15, 0.2) is 0 Å². The molecule has 2 rings (SSSR count). The molecule has 100 valence electrons. The number of nitrogens with one attached hydrogen (secondary N) is 1. The van der Waals surface area contributed by atoms with Gasteiger partial charge in [-0.1, -0.05) is 20.3 Å². The summed E-state index contributed by atoms with van der Waals surface area (Å²) in [6.45, 7) is 5.11. The van der Waals surface area contributed by atoms with Crippen LogP contribution in [0.1, 0.15) is 39.5 Å². The number of hydrogen-bond donors (Lipinski definition) is 1. The Morgan fingerprint density at radius 1 is 1.29 bits per heavy atom. The summed E-state index contributed by atoms with van der Waals surface area (Å²) in [7, 11) is 0. The molecule has 0 aromatic rings. The number of hydrogen-bond acceptors (Lipinski definition) is 2. The number of ether oxygens (including phenoxy) is 1. The predicted octanol–water partition coefficient (Wildman–Crippen LogP) is 2.83. The normalized spacial score (nSPS) is 34.6. The van der Waals surface area contributed by atoms with Crippen LogP contribution in [0.15, 0.2) is 0 Å². The van der Waals surface area contributed by atoms with E-state index in [1.165, 1.54) is 19.3 Å². The Balaban J connectivity index is 1.58. The van der Waals surface area contributed by atoms with Gasteiger partial charge in [0, 0.05) is 18.1 Å². The lowest BCUT2D eigenvalue weighted by Crippen LogP contribution is -2.34. The largest absolute Gasteiger partial charge is 0.381 e. The predicted molar refractivity (Wildman–Crippen MR) is 63.3 cm³/mol. The van der Waals surface area contributed by atoms with Crippen LogP contribution in [0.25, 0.3) is 0 Å². The molecule has 2 nitrogen and oxygen atoms in total. The highest BCUT2D eigenvalue weighted by molar-refractivity contribution is 5.12. The molecule has 17 heavy (non-hydrogen) atoms. The van der Waals surface area contributed by atoms with E-state index in [2.05, 4.69) is 5.32 Å². The summed E-state index contributed by atoms with van der Waals surface area (Å²) in [5.41, 5.74) is -0.865. The van der Waals surface area contributed by atoms with E-state index < -0.39 is 17.3 Å². The first kappa shape index (κ1) is 13.2. The van der Waals surface area contributed by atoms with Crippen LogP contribution in [0.5, 0.6) is 0 Å². The minimum Gasteiger partial charge on any atom is -0.381 e. The molecule has 4 heteroatoms. The molecule has 2 atom stereocenters. The van der Waals surface area contributed by atoms with Crippen molar-refractivity contribution in [3.63, 3.8) is 0 Å². The molecule has 2 aliphatic rings. The Morgan fingerprint density at radius 2 is 2.00 bits per heavy atom. The van der Waals surface area contributed by atoms with E-state index in [1.54, 1.807) is 13.8 Å². The first-order valence-corrected chi connectivity index (χ1v) is 6.65. The number of alkyl halides is 2. The van der Waals surface area contributed by atoms with Gasteiger partial charge in [-0.25, -0.2) is 8.78 Å². The topological polar surface area (TPSA) is 21.3 Å². The SMILES string of the molecule is CC1(C)C(COCCC2CCCCN2)C1(F)F. The molecule has 0 spiro atoms. The van der Waals surface area contributed by atoms with Crippen molar-refractivity contribution < 1.29 is 13.5 Å². The molecule has 0 bridgehead atoms. The van der Waals surface area contributed by atoms with Gasteiger partial charge >= 0.3 is 0 Å². The standard InChI is InChI=1S/C13H23F2NO/c1-12(2)11(13(12,14)15)9-17-8-6-10-5-3-4-7-16-10/h10-11,16H,3-9H2,1-2H3. The zero-order valence-corrected chi connectivity index (χ0v) is 10.8. The minimum atomic E-state index is -2.53. The molecule has 1 N–H and O–H groups in total. The second-order valence-corrected chi connectivity index (χ2v) is 5.91. The van der Waals surface area contributed by atoms with Crippen molar-refractivity contribution in [3.05, 3.63) is 0 Å². The Bertz CT molecular complexity index is 248. The molecule has 1 aliphatic heterocycles. The molecular weight excluding hydrogens is 224 g/mol. The maximum atomic E-state index is 13.3. The molecule has 1 saturated heterocycles. The number of piperidine rings is 1. The zero-order valence-electron chi connectivity index (χ0n) is 10.8. The van der Waals surface area contributed by atoms with Crippen molar-refractivity contribution in [2.75, 3.05) is 19.8 Å². The van der Waals surface area contributed by atoms with Crippen molar-refractivity contribution in [1.29, 1.82) is 0 Å². The van der Waals surface area contributed by atoms with Crippen LogP contribution in [0.4, 0.5) is 8.78 Å². The van der Waals surface area contributed by atoms with Crippen LogP contribution in [0, 0.1) is 11.3 Å². The average molecular weight is 247 g/mol. The van der Waals surface area contributed by atoms with Crippen LogP contribution in [-0.2, 0) is 4.74 Å². The van der Waals surface area contributed by atoms with Crippen LogP contribution in [-0.4, -0.2) is 31.7 Å². The quantitative estimate of drug-likeness (QED) is 0.754. The minimum absolute atomic E-state index is 0.201. The Hall–Kier alpha value is -0.220. The van der Waals surface area contributed by atoms with Gasteiger partial charge in [0.1, 0.15) is 0 Å². The molecule has 0 amide bonds. The average Bonchev–Trinajstić information content (AvgIpc) is 2.67. The smallest absolute Gasteiger partial charge is 0.259 e. The van der Waals surface area contributed by atoms with Gasteiger partial charge in [-0.05, 0) is 25.8 Å². The second-order valence-electron chi connectivity index (χ2n) is 5.91. The zero-order chi connectivity index (χ0) is 12.5. The summed E-state index contributed by atoms with van der Waals surface area (Å²) >= 11 is 0. The van der Waals surface area contributed by atoms with E-state index in [4.69, 9.17) is 4.74 Å². The third-order valence-electron chi connectivity index (χ3n) is 4.39. The van der Waals surface area contributed by atoms with Crippen molar-refractivity contribution in [2.24, 2.45) is 11.3 Å². The summed E-state index contributed by atoms with van der Waals surface area (Å²) in [5.74, 6) is -3.12. The Kier molecular flexibility index (Phi) is 3.74. The highest BCUT2D eigenvalue weighted by atomic mass is 19.3. The van der Waals surface area contributed by atoms with Gasteiger partial charge in [-0.15, -0.1) is 0 Å². The number of halogens is 2. The lowest BCUT2D eigenvalue weighted by molar-refractivity contribution is 0.0429. The molecule has 0 aromatic heterocycles. The molecular formula is C13H23F2NO. The summed E-state index contributed by atoms with van der Waals surface area (Å²) in [6, 6.07) is 0.525. The molecule has 0 radical (unpaired) electrons. The van der Waals surface area contributed by atoms with Crippen molar-refractivity contribution in [1.82, 2.24) is 5.32 Å². The first-order valence-electron chi connectivity index (χ1n) is 6.65. The number of rotatable bonds is 5. The molecule has 1 heterocycles. The summed E-state index contributed by atoms with van der Waals surface area (Å²) in [5, 5.41) is 3.43. The van der Waals surface area contributed by atoms with E-state index in [-0.39, 0.29) is 6.61 Å². The van der Waals surface area contributed by atoms with Crippen LogP contribution < -0.4 is 5.32 Å². The maximum Gasteiger partial charge on any atom is 0.259 e. The second kappa shape index (κ2) is 4.81. The van der Waals surface area contributed by atoms with E-state index in [0.717, 1.165) is 13.0 Å². The van der Waals surface area contributed by atoms with E-state index in [9.17, 15) is 8.78 Å². The van der Waals surface area contributed by atoms with E-state index in [1.807, 2.05) is 0 Å². The summed E-state index contributed by atoms with van der Waals surface area (Å²) in [6.07, 6.45) is 4.65. The van der Waals surface area contributed by atoms with Gasteiger partial charge in [0.25, 0.3) is 5.92 Å². The molecule has 2 unspecified atom stereocenters. The van der Waals surface area contributed by atoms with Crippen LogP contribution in [0.2, 0.25) is 0 Å². The lowest BCUT2D eigenvalue weighted by Gasteiger charge is -2.23. The van der Waals surface area contributed by atoms with Crippen LogP contribution in [0.3, 0.4) is 0 Å². The third-order valence-corrected chi connectivity index (χ3v) is 4.39. The fourth-order valence-electron chi connectivity index (χ4n) is 2.67. The van der Waals surface area contributed by atoms with Crippen LogP contribution >= 0.6 is 0 Å². The Labute approximate surface area is 102 Å². The molecule has 2 fully saturated rings. The first-order chi connectivity index (χ1) is 7.96. The van der Waals surface area contributed by atoms with Gasteiger partial charge in [0.05, 0.1) is 12.5 Å². The monoisotopic (exact) mass is 247 g/mol. The highest BCUT2D eigenvalue weighted by Crippen LogP contribution is 2.65. The van der Waals surface area contributed by atoms with Gasteiger partial charge in [-0.2, -0.15) is 0 Å². The highest BCUT2D eigenvalue weighted by Gasteiger charge is 2.74. The third kappa shape index (κ3) is 2.63. The van der Waals surface area contributed by atoms with E-state index in [0.29, 0.717) is 12.6 Å². The maximum absolute atomic E-state index is 13.3. The fraction of sp³-hybridized carbons (Fsp3) is 1.00. The van der Waals surface area contributed by atoms with Gasteiger partial charge in [-0.3, -0.25) is 0 Å². The molecule has 1 aliphatic carbocycles. The molecule has 1 saturated carbocycles. The summed E-state index contributed by atoms with van der Waals surface area (Å²) in [4.78, 5) is 0. The Morgan fingerprint density at radius 3 is 2.53 bits per heavy atom. The summed E-state index contributed by atoms with van der Waals surface area (Å²) < 4.78 is 31.9. The van der Waals surface area contributed by atoms with E-state index >= 15 is 0 Å². The van der Waals surface area contributed by atoms with Crippen molar-refractivity contribution in [3.8, 4) is 0 Å². The van der Waals surface area contributed by atoms with Crippen molar-refractivity contribution >= 4 is 0 Å².